The molecule has 3 aromatic rings. The number of carboxylic acids is 1. The summed E-state index contributed by atoms with van der Waals surface area (Å²) in [5.41, 5.74) is 2.42. The summed E-state index contributed by atoms with van der Waals surface area (Å²) in [7, 11) is 0. The molecule has 12 nitrogen and oxygen atoms in total. The predicted octanol–water partition coefficient (Wildman–Crippen LogP) is 4.47. The smallest absolute Gasteiger partial charge is 0.305 e. The Morgan fingerprint density at radius 1 is 1.12 bits per heavy atom. The van der Waals surface area contributed by atoms with Gasteiger partial charge in [0.1, 0.15) is 5.02 Å². The van der Waals surface area contributed by atoms with E-state index < -0.39 is 29.3 Å². The molecule has 0 fully saturated rings. The highest BCUT2D eigenvalue weighted by atomic mass is 35.5. The number of hydrogen-bond donors (Lipinski definition) is 4. The number of benzene rings is 3. The fraction of sp³-hybridized carbons (Fsp3) is 0.185. The van der Waals surface area contributed by atoms with Crippen molar-refractivity contribution >= 4 is 64.8 Å². The molecule has 2 aliphatic heterocycles. The zero-order valence-corrected chi connectivity index (χ0v) is 22.9. The number of rotatable bonds is 8. The van der Waals surface area contributed by atoms with Crippen LogP contribution in [0.1, 0.15) is 44.3 Å². The van der Waals surface area contributed by atoms with E-state index in [0.29, 0.717) is 34.9 Å². The van der Waals surface area contributed by atoms with Crippen molar-refractivity contribution in [2.45, 2.75) is 19.0 Å². The molecule has 2 heterocycles. The first kappa shape index (κ1) is 29.3. The van der Waals surface area contributed by atoms with Gasteiger partial charge in [-0.25, -0.2) is 0 Å². The molecule has 0 bridgehead atoms. The van der Waals surface area contributed by atoms with Gasteiger partial charge in [-0.05, 0) is 53.6 Å². The molecule has 2 aliphatic rings. The number of anilines is 2. The fourth-order valence-electron chi connectivity index (χ4n) is 4.63. The summed E-state index contributed by atoms with van der Waals surface area (Å²) in [5.74, 6) is -1.32. The zero-order chi connectivity index (χ0) is 28.4. The van der Waals surface area contributed by atoms with E-state index in [9.17, 15) is 29.6 Å². The van der Waals surface area contributed by atoms with Crippen molar-refractivity contribution in [3.63, 3.8) is 0 Å². The Bertz CT molecular complexity index is 1560. The molecule has 0 radical (unpaired) electrons. The van der Waals surface area contributed by atoms with E-state index in [1.54, 1.807) is 36.4 Å². The van der Waals surface area contributed by atoms with Crippen LogP contribution >= 0.6 is 24.0 Å². The summed E-state index contributed by atoms with van der Waals surface area (Å²) in [6, 6.07) is 14.7. The summed E-state index contributed by atoms with van der Waals surface area (Å²) >= 11 is 5.92. The number of aliphatic imine (C=N–C) groups is 1. The molecule has 0 aliphatic carbocycles. The van der Waals surface area contributed by atoms with Gasteiger partial charge >= 0.3 is 5.97 Å². The Balaban J connectivity index is 0.00000387. The van der Waals surface area contributed by atoms with Gasteiger partial charge in [-0.2, -0.15) is 0 Å². The minimum Gasteiger partial charge on any atom is -0.481 e. The molecule has 0 saturated carbocycles. The molecule has 3 aromatic carbocycles. The maximum Gasteiger partial charge on any atom is 0.305 e. The normalized spacial score (nSPS) is 14.3. The molecule has 14 heteroatoms. The third-order valence-corrected chi connectivity index (χ3v) is 6.90. The lowest BCUT2D eigenvalue weighted by molar-refractivity contribution is -0.384. The van der Waals surface area contributed by atoms with Crippen LogP contribution in [0.15, 0.2) is 65.7 Å². The largest absolute Gasteiger partial charge is 0.481 e. The second kappa shape index (κ2) is 12.2. The summed E-state index contributed by atoms with van der Waals surface area (Å²) in [6.07, 6.45) is -0.462. The van der Waals surface area contributed by atoms with Gasteiger partial charge in [0.25, 0.3) is 17.5 Å². The number of guanidine groups is 1. The van der Waals surface area contributed by atoms with Gasteiger partial charge in [-0.15, -0.1) is 12.4 Å². The number of nitro groups is 1. The topological polar surface area (TPSA) is 166 Å². The van der Waals surface area contributed by atoms with Gasteiger partial charge in [0, 0.05) is 41.7 Å². The van der Waals surface area contributed by atoms with Crippen LogP contribution in [0.5, 0.6) is 0 Å². The minimum absolute atomic E-state index is 0. The van der Waals surface area contributed by atoms with Crippen LogP contribution in [0.4, 0.5) is 17.1 Å². The molecule has 0 aromatic heterocycles. The Kier molecular flexibility index (Phi) is 8.74. The average Bonchev–Trinajstić information content (AvgIpc) is 3.55. The molecule has 2 amide bonds. The van der Waals surface area contributed by atoms with Gasteiger partial charge in [0.2, 0.25) is 0 Å². The molecule has 41 heavy (non-hydrogen) atoms. The summed E-state index contributed by atoms with van der Waals surface area (Å²) in [5, 5.41) is 29.8. The summed E-state index contributed by atoms with van der Waals surface area (Å²) < 4.78 is 0. The van der Waals surface area contributed by atoms with E-state index in [4.69, 9.17) is 11.6 Å². The second-order valence-corrected chi connectivity index (χ2v) is 9.61. The van der Waals surface area contributed by atoms with Gasteiger partial charge < -0.3 is 26.0 Å². The summed E-state index contributed by atoms with van der Waals surface area (Å²) in [6.45, 7) is 1.58. The maximum absolute atomic E-state index is 13.4. The van der Waals surface area contributed by atoms with Gasteiger partial charge in [0.05, 0.1) is 23.9 Å². The Morgan fingerprint density at radius 3 is 2.51 bits per heavy atom. The van der Waals surface area contributed by atoms with Crippen molar-refractivity contribution in [1.29, 1.82) is 0 Å². The maximum atomic E-state index is 13.4. The molecule has 0 spiro atoms. The molecular weight excluding hydrogens is 575 g/mol. The van der Waals surface area contributed by atoms with Crippen LogP contribution in [0, 0.1) is 10.1 Å². The van der Waals surface area contributed by atoms with Crippen LogP contribution in [0.25, 0.3) is 0 Å². The Labute approximate surface area is 245 Å². The number of amides is 2. The van der Waals surface area contributed by atoms with Crippen molar-refractivity contribution < 1.29 is 24.4 Å². The van der Waals surface area contributed by atoms with Crippen molar-refractivity contribution in [2.24, 2.45) is 4.99 Å². The van der Waals surface area contributed by atoms with Crippen LogP contribution < -0.4 is 16.0 Å². The van der Waals surface area contributed by atoms with Crippen molar-refractivity contribution in [1.82, 2.24) is 10.2 Å². The third-order valence-electron chi connectivity index (χ3n) is 6.58. The van der Waals surface area contributed by atoms with Crippen LogP contribution in [0.2, 0.25) is 5.02 Å². The highest BCUT2D eigenvalue weighted by molar-refractivity contribution is 6.32. The third kappa shape index (κ3) is 6.39. The zero-order valence-electron chi connectivity index (χ0n) is 21.3. The van der Waals surface area contributed by atoms with E-state index in [-0.39, 0.29) is 41.1 Å². The lowest BCUT2D eigenvalue weighted by Crippen LogP contribution is -2.31. The standard InChI is InChI=1S/C27H23ClN6O6.ClH/c28-21-8-4-16(11-23(21)34(39)40)22(13-24(35)36)33-14-17-3-7-19(12-20(17)26(33)38)31-25(37)15-1-5-18(6-2-15)32-27-29-9-10-30-27;/h1-8,11-12,22H,9-10,13-14H2,(H,31,37)(H,35,36)(H2,29,30,32);1H. The highest BCUT2D eigenvalue weighted by Crippen LogP contribution is 2.37. The number of nitrogens with one attached hydrogen (secondary N) is 3. The number of hydrogen-bond acceptors (Lipinski definition) is 8. The SMILES string of the molecule is Cl.O=C(O)CC(c1ccc(Cl)c([N+](=O)[O-])c1)N1Cc2ccc(NC(=O)c3ccc(NC4=NCCN4)cc3)cc2C1=O. The number of nitro benzene ring substituents is 1. The minimum atomic E-state index is -1.17. The first-order valence-electron chi connectivity index (χ1n) is 12.3. The van der Waals surface area contributed by atoms with E-state index in [2.05, 4.69) is 20.9 Å². The number of nitrogens with zero attached hydrogens (tertiary/aromatic N) is 3. The average molecular weight is 599 g/mol. The Hall–Kier alpha value is -4.68. The van der Waals surface area contributed by atoms with Crippen molar-refractivity contribution in [3.8, 4) is 0 Å². The molecule has 0 saturated heterocycles. The van der Waals surface area contributed by atoms with Gasteiger partial charge in [-0.3, -0.25) is 29.5 Å². The van der Waals surface area contributed by atoms with E-state index in [1.165, 1.54) is 29.2 Å². The quantitative estimate of drug-likeness (QED) is 0.218. The van der Waals surface area contributed by atoms with E-state index >= 15 is 0 Å². The molecule has 212 valence electrons. The number of aliphatic carboxylic acids is 1. The monoisotopic (exact) mass is 598 g/mol. The number of carboxylic acid groups (broad SMARTS) is 1. The lowest BCUT2D eigenvalue weighted by Gasteiger charge is -2.27. The second-order valence-electron chi connectivity index (χ2n) is 9.20. The first-order valence-corrected chi connectivity index (χ1v) is 12.6. The van der Waals surface area contributed by atoms with Crippen LogP contribution in [-0.4, -0.2) is 51.8 Å². The van der Waals surface area contributed by atoms with Crippen LogP contribution in [-0.2, 0) is 11.3 Å². The van der Waals surface area contributed by atoms with E-state index in [0.717, 1.165) is 12.2 Å². The predicted molar refractivity (Wildman–Crippen MR) is 155 cm³/mol. The van der Waals surface area contributed by atoms with Crippen molar-refractivity contribution in [3.05, 3.63) is 98.1 Å². The molecule has 5 rings (SSSR count). The number of halogens is 2. The summed E-state index contributed by atoms with van der Waals surface area (Å²) in [4.78, 5) is 54.3. The number of carbonyl (C=O) groups is 3. The molecule has 1 unspecified atom stereocenters. The van der Waals surface area contributed by atoms with Crippen LogP contribution in [0.3, 0.4) is 0 Å². The molecule has 4 N–H and O–H groups in total. The van der Waals surface area contributed by atoms with Gasteiger partial charge in [0.15, 0.2) is 5.96 Å². The van der Waals surface area contributed by atoms with Crippen molar-refractivity contribution in [2.75, 3.05) is 23.7 Å². The first-order chi connectivity index (χ1) is 19.2. The Morgan fingerprint density at radius 2 is 1.85 bits per heavy atom. The van der Waals surface area contributed by atoms with E-state index in [1.807, 2.05) is 0 Å². The van der Waals surface area contributed by atoms with Gasteiger partial charge in [-0.1, -0.05) is 23.7 Å². The molecular formula is C27H24Cl2N6O6. The highest BCUT2D eigenvalue weighted by Gasteiger charge is 2.35. The fourth-order valence-corrected chi connectivity index (χ4v) is 4.82. The lowest BCUT2D eigenvalue weighted by atomic mass is 10.0. The number of fused-ring (bicyclic) bond motifs is 1. The number of carbonyl (C=O) groups excluding carboxylic acids is 2. The molecule has 1 atom stereocenters.